The molecule has 1 fully saturated rings. The molecule has 6 nitrogen and oxygen atoms in total. The molecule has 6 heteroatoms. The Bertz CT molecular complexity index is 750. The van der Waals surface area contributed by atoms with Crippen molar-refractivity contribution in [2.45, 2.75) is 32.2 Å². The van der Waals surface area contributed by atoms with E-state index in [0.717, 1.165) is 24.5 Å². The number of nitrogens with one attached hydrogen (secondary N) is 1. The van der Waals surface area contributed by atoms with Crippen molar-refractivity contribution < 1.29 is 4.79 Å². The Morgan fingerprint density at radius 2 is 2.00 bits per heavy atom. The van der Waals surface area contributed by atoms with Crippen LogP contribution in [0.2, 0.25) is 0 Å². The van der Waals surface area contributed by atoms with Crippen molar-refractivity contribution in [1.29, 1.82) is 0 Å². The summed E-state index contributed by atoms with van der Waals surface area (Å²) >= 11 is 0. The van der Waals surface area contributed by atoms with Gasteiger partial charge in [-0.2, -0.15) is 0 Å². The van der Waals surface area contributed by atoms with Crippen LogP contribution in [0.1, 0.15) is 25.7 Å². The second-order valence-corrected chi connectivity index (χ2v) is 5.97. The van der Waals surface area contributed by atoms with Crippen LogP contribution in [0.4, 0.5) is 11.4 Å². The van der Waals surface area contributed by atoms with Gasteiger partial charge in [0.1, 0.15) is 0 Å². The normalized spacial score (nSPS) is 14.4. The second kappa shape index (κ2) is 7.77. The highest BCUT2D eigenvalue weighted by Gasteiger charge is 2.15. The van der Waals surface area contributed by atoms with Crippen LogP contribution < -0.4 is 15.8 Å². The van der Waals surface area contributed by atoms with E-state index in [1.165, 1.54) is 29.9 Å². The Kier molecular flexibility index (Phi) is 5.25. The van der Waals surface area contributed by atoms with Crippen molar-refractivity contribution in [2.24, 2.45) is 0 Å². The number of hydrogen-bond acceptors (Lipinski definition) is 4. The molecule has 1 amide bonds. The quantitative estimate of drug-likeness (QED) is 0.915. The summed E-state index contributed by atoms with van der Waals surface area (Å²) in [5, 5.41) is 2.94. The summed E-state index contributed by atoms with van der Waals surface area (Å²) in [4.78, 5) is 30.3. The molecule has 0 atom stereocenters. The van der Waals surface area contributed by atoms with Crippen LogP contribution in [0.25, 0.3) is 0 Å². The molecular weight excluding hydrogens is 304 g/mol. The molecule has 2 aromatic rings. The average Bonchev–Trinajstić information content (AvgIpc) is 2.62. The fourth-order valence-corrected chi connectivity index (χ4v) is 2.97. The molecule has 0 unspecified atom stereocenters. The van der Waals surface area contributed by atoms with E-state index >= 15 is 0 Å². The Morgan fingerprint density at radius 3 is 2.79 bits per heavy atom. The number of anilines is 2. The maximum Gasteiger partial charge on any atom is 0.250 e. The van der Waals surface area contributed by atoms with Crippen LogP contribution in [0.15, 0.2) is 47.7 Å². The molecular formula is C18H22N4O2. The monoisotopic (exact) mass is 326 g/mol. The molecule has 126 valence electrons. The van der Waals surface area contributed by atoms with Crippen molar-refractivity contribution in [3.05, 3.63) is 53.2 Å². The number of hydrogen-bond donors (Lipinski definition) is 1. The molecule has 1 aliphatic rings. The first kappa shape index (κ1) is 16.2. The van der Waals surface area contributed by atoms with E-state index in [0.29, 0.717) is 6.54 Å². The number of piperidine rings is 1. The Hall–Kier alpha value is -2.63. The number of carbonyl (C=O) groups is 1. The molecule has 24 heavy (non-hydrogen) atoms. The van der Waals surface area contributed by atoms with E-state index in [9.17, 15) is 9.59 Å². The maximum atomic E-state index is 12.3. The first-order chi connectivity index (χ1) is 11.7. The third-order valence-electron chi connectivity index (χ3n) is 4.25. The molecule has 3 rings (SSSR count). The molecule has 0 bridgehead atoms. The SMILES string of the molecule is O=C(CCn1ccccc1=O)Nc1cnccc1N1CCCCC1. The number of rotatable bonds is 5. The lowest BCUT2D eigenvalue weighted by Gasteiger charge is -2.30. The topological polar surface area (TPSA) is 67.2 Å². The van der Waals surface area contributed by atoms with Gasteiger partial charge in [0.15, 0.2) is 0 Å². The molecule has 3 heterocycles. The van der Waals surface area contributed by atoms with Crippen molar-refractivity contribution in [3.63, 3.8) is 0 Å². The number of carbonyl (C=O) groups excluding carboxylic acids is 1. The van der Waals surface area contributed by atoms with Gasteiger partial charge in [0.2, 0.25) is 5.91 Å². The number of nitrogens with zero attached hydrogens (tertiary/aromatic N) is 3. The van der Waals surface area contributed by atoms with Crippen LogP contribution in [0.3, 0.4) is 0 Å². The Labute approximate surface area is 141 Å². The molecule has 1 aliphatic heterocycles. The first-order valence-corrected chi connectivity index (χ1v) is 8.38. The van der Waals surface area contributed by atoms with Crippen LogP contribution >= 0.6 is 0 Å². The first-order valence-electron chi connectivity index (χ1n) is 8.38. The number of aromatic nitrogens is 2. The predicted molar refractivity (Wildman–Crippen MR) is 94.2 cm³/mol. The Morgan fingerprint density at radius 1 is 1.17 bits per heavy atom. The van der Waals surface area contributed by atoms with Crippen LogP contribution in [-0.2, 0) is 11.3 Å². The van der Waals surface area contributed by atoms with E-state index < -0.39 is 0 Å². The van der Waals surface area contributed by atoms with Crippen molar-refractivity contribution in [2.75, 3.05) is 23.3 Å². The van der Waals surface area contributed by atoms with Crippen LogP contribution in [0.5, 0.6) is 0 Å². The third kappa shape index (κ3) is 4.01. The highest BCUT2D eigenvalue weighted by atomic mass is 16.1. The van der Waals surface area contributed by atoms with Gasteiger partial charge in [-0.3, -0.25) is 14.6 Å². The van der Waals surface area contributed by atoms with Gasteiger partial charge < -0.3 is 14.8 Å². The zero-order chi connectivity index (χ0) is 16.8. The van der Waals surface area contributed by atoms with E-state index in [2.05, 4.69) is 15.2 Å². The van der Waals surface area contributed by atoms with Crippen LogP contribution in [-0.4, -0.2) is 28.5 Å². The number of aryl methyl sites for hydroxylation is 1. The van der Waals surface area contributed by atoms with Gasteiger partial charge >= 0.3 is 0 Å². The molecule has 0 spiro atoms. The molecule has 0 radical (unpaired) electrons. The molecule has 2 aromatic heterocycles. The lowest BCUT2D eigenvalue weighted by molar-refractivity contribution is -0.116. The van der Waals surface area contributed by atoms with Gasteiger partial charge in [-0.15, -0.1) is 0 Å². The third-order valence-corrected chi connectivity index (χ3v) is 4.25. The molecule has 1 N–H and O–H groups in total. The van der Waals surface area contributed by atoms with Crippen molar-refractivity contribution in [3.8, 4) is 0 Å². The summed E-state index contributed by atoms with van der Waals surface area (Å²) in [7, 11) is 0. The lowest BCUT2D eigenvalue weighted by atomic mass is 10.1. The average molecular weight is 326 g/mol. The minimum Gasteiger partial charge on any atom is -0.370 e. The molecule has 0 saturated carbocycles. The van der Waals surface area contributed by atoms with Crippen molar-refractivity contribution in [1.82, 2.24) is 9.55 Å². The van der Waals surface area contributed by atoms with Gasteiger partial charge in [0, 0.05) is 44.5 Å². The number of pyridine rings is 2. The molecule has 1 saturated heterocycles. The minimum atomic E-state index is -0.114. The summed E-state index contributed by atoms with van der Waals surface area (Å²) in [6.07, 6.45) is 8.99. The smallest absolute Gasteiger partial charge is 0.250 e. The van der Waals surface area contributed by atoms with Gasteiger partial charge in [-0.1, -0.05) is 6.07 Å². The molecule has 0 aliphatic carbocycles. The standard InChI is InChI=1S/C18H22N4O2/c23-17(8-13-22-12-5-2-6-18(22)24)20-15-14-19-9-7-16(15)21-10-3-1-4-11-21/h2,5-7,9,12,14H,1,3-4,8,10-11,13H2,(H,20,23). The maximum absolute atomic E-state index is 12.3. The molecule has 0 aromatic carbocycles. The summed E-state index contributed by atoms with van der Waals surface area (Å²) in [6.45, 7) is 2.38. The fraction of sp³-hybridized carbons (Fsp3) is 0.389. The van der Waals surface area contributed by atoms with E-state index in [1.54, 1.807) is 30.7 Å². The zero-order valence-corrected chi connectivity index (χ0v) is 13.6. The largest absolute Gasteiger partial charge is 0.370 e. The summed E-state index contributed by atoms with van der Waals surface area (Å²) in [5.74, 6) is -0.114. The lowest BCUT2D eigenvalue weighted by Crippen LogP contribution is -2.30. The highest BCUT2D eigenvalue weighted by molar-refractivity contribution is 5.94. The summed E-state index contributed by atoms with van der Waals surface area (Å²) in [6, 6.07) is 6.92. The zero-order valence-electron chi connectivity index (χ0n) is 13.6. The predicted octanol–water partition coefficient (Wildman–Crippen LogP) is 2.26. The van der Waals surface area contributed by atoms with Gasteiger partial charge in [-0.05, 0) is 31.4 Å². The summed E-state index contributed by atoms with van der Waals surface area (Å²) in [5.41, 5.74) is 1.67. The van der Waals surface area contributed by atoms with E-state index in [-0.39, 0.29) is 17.9 Å². The fourth-order valence-electron chi connectivity index (χ4n) is 2.97. The Balaban J connectivity index is 1.64. The van der Waals surface area contributed by atoms with Crippen molar-refractivity contribution >= 4 is 17.3 Å². The van der Waals surface area contributed by atoms with Gasteiger partial charge in [0.05, 0.1) is 17.6 Å². The van der Waals surface area contributed by atoms with Gasteiger partial charge in [0.25, 0.3) is 5.56 Å². The second-order valence-electron chi connectivity index (χ2n) is 5.97. The number of amides is 1. The summed E-state index contributed by atoms with van der Waals surface area (Å²) < 4.78 is 1.54. The van der Waals surface area contributed by atoms with Gasteiger partial charge in [-0.25, -0.2) is 0 Å². The van der Waals surface area contributed by atoms with E-state index in [4.69, 9.17) is 0 Å². The van der Waals surface area contributed by atoms with Crippen LogP contribution in [0, 0.1) is 0 Å². The highest BCUT2D eigenvalue weighted by Crippen LogP contribution is 2.27. The minimum absolute atomic E-state index is 0.0966. The van der Waals surface area contributed by atoms with E-state index in [1.807, 2.05) is 6.07 Å².